The summed E-state index contributed by atoms with van der Waals surface area (Å²) in [7, 11) is 1.75. The summed E-state index contributed by atoms with van der Waals surface area (Å²) in [5, 5.41) is 0. The third kappa shape index (κ3) is 2.54. The Morgan fingerprint density at radius 2 is 1.95 bits per heavy atom. The molecule has 4 rings (SSSR count). The number of nitrogens with zero attached hydrogens (tertiary/aromatic N) is 3. The Morgan fingerprint density at radius 3 is 2.77 bits per heavy atom. The van der Waals surface area contributed by atoms with Gasteiger partial charge in [-0.15, -0.1) is 0 Å². The minimum Gasteiger partial charge on any atom is -0.496 e. The van der Waals surface area contributed by atoms with Crippen molar-refractivity contribution in [3.63, 3.8) is 0 Å². The lowest BCUT2D eigenvalue weighted by atomic mass is 9.97. The van der Waals surface area contributed by atoms with Gasteiger partial charge in [0.15, 0.2) is 0 Å². The predicted molar refractivity (Wildman–Crippen MR) is 86.6 cm³/mol. The standard InChI is InChI=1S/C18H21N3O/c1-22-16-5-3-2-4-15(16)14-9-11-21(12-14)17-8-10-19-18(20-17)13-6-7-13/h2-5,8,10,13-14H,6-7,9,11-12H2,1H3. The molecule has 1 unspecified atom stereocenters. The Labute approximate surface area is 131 Å². The number of rotatable bonds is 4. The zero-order valence-electron chi connectivity index (χ0n) is 12.9. The number of aromatic nitrogens is 2. The molecule has 1 aromatic carbocycles. The Bertz CT molecular complexity index is 669. The summed E-state index contributed by atoms with van der Waals surface area (Å²) in [6.45, 7) is 2.05. The van der Waals surface area contributed by atoms with Gasteiger partial charge in [0.05, 0.1) is 7.11 Å². The van der Waals surface area contributed by atoms with Crippen LogP contribution in [0.15, 0.2) is 36.5 Å². The average Bonchev–Trinajstić information content (AvgIpc) is 3.32. The summed E-state index contributed by atoms with van der Waals surface area (Å²) < 4.78 is 5.51. The number of ether oxygens (including phenoxy) is 1. The highest BCUT2D eigenvalue weighted by Crippen LogP contribution is 2.39. The van der Waals surface area contributed by atoms with E-state index in [1.165, 1.54) is 18.4 Å². The molecule has 4 nitrogen and oxygen atoms in total. The fourth-order valence-electron chi connectivity index (χ4n) is 3.30. The Balaban J connectivity index is 1.53. The molecule has 2 aliphatic rings. The van der Waals surface area contributed by atoms with Gasteiger partial charge in [-0.3, -0.25) is 0 Å². The van der Waals surface area contributed by atoms with E-state index in [0.717, 1.165) is 36.9 Å². The lowest BCUT2D eigenvalue weighted by molar-refractivity contribution is 0.406. The van der Waals surface area contributed by atoms with E-state index in [1.54, 1.807) is 7.11 Å². The normalized spacial score (nSPS) is 21.1. The number of benzene rings is 1. The minimum absolute atomic E-state index is 0.510. The highest BCUT2D eigenvalue weighted by atomic mass is 16.5. The van der Waals surface area contributed by atoms with E-state index >= 15 is 0 Å². The summed E-state index contributed by atoms with van der Waals surface area (Å²) in [6, 6.07) is 10.4. The first-order chi connectivity index (χ1) is 10.8. The second-order valence-corrected chi connectivity index (χ2v) is 6.22. The van der Waals surface area contributed by atoms with Crippen molar-refractivity contribution >= 4 is 5.82 Å². The maximum atomic E-state index is 5.51. The molecule has 1 atom stereocenters. The minimum atomic E-state index is 0.510. The number of methoxy groups -OCH3 is 1. The van der Waals surface area contributed by atoms with Gasteiger partial charge in [0.1, 0.15) is 17.4 Å². The van der Waals surface area contributed by atoms with Crippen LogP contribution in [0.4, 0.5) is 5.82 Å². The fourth-order valence-corrected chi connectivity index (χ4v) is 3.30. The maximum Gasteiger partial charge on any atom is 0.133 e. The molecule has 2 aromatic rings. The summed E-state index contributed by atoms with van der Waals surface area (Å²) in [5.74, 6) is 4.21. The molecule has 1 aliphatic heterocycles. The third-order valence-corrected chi connectivity index (χ3v) is 4.69. The second kappa shape index (κ2) is 5.59. The largest absolute Gasteiger partial charge is 0.496 e. The number of hydrogen-bond acceptors (Lipinski definition) is 4. The van der Waals surface area contributed by atoms with Gasteiger partial charge >= 0.3 is 0 Å². The van der Waals surface area contributed by atoms with E-state index in [0.29, 0.717) is 11.8 Å². The maximum absolute atomic E-state index is 5.51. The topological polar surface area (TPSA) is 38.2 Å². The Hall–Kier alpha value is -2.10. The number of para-hydroxylation sites is 1. The summed E-state index contributed by atoms with van der Waals surface area (Å²) in [6.07, 6.45) is 5.54. The zero-order valence-corrected chi connectivity index (χ0v) is 12.9. The van der Waals surface area contributed by atoms with E-state index < -0.39 is 0 Å². The molecule has 0 amide bonds. The number of hydrogen-bond donors (Lipinski definition) is 0. The molecule has 1 aliphatic carbocycles. The smallest absolute Gasteiger partial charge is 0.133 e. The molecule has 1 aromatic heterocycles. The molecular weight excluding hydrogens is 274 g/mol. The van der Waals surface area contributed by atoms with Crippen LogP contribution in [0.25, 0.3) is 0 Å². The first-order valence-corrected chi connectivity index (χ1v) is 8.06. The van der Waals surface area contributed by atoms with Crippen LogP contribution in [0.5, 0.6) is 5.75 Å². The molecule has 1 saturated carbocycles. The monoisotopic (exact) mass is 295 g/mol. The molecule has 4 heteroatoms. The lowest BCUT2D eigenvalue weighted by Crippen LogP contribution is -2.21. The predicted octanol–water partition coefficient (Wildman–Crippen LogP) is 3.36. The van der Waals surface area contributed by atoms with Crippen LogP contribution in [0, 0.1) is 0 Å². The van der Waals surface area contributed by atoms with Crippen LogP contribution >= 0.6 is 0 Å². The van der Waals surface area contributed by atoms with Crippen molar-refractivity contribution in [2.75, 3.05) is 25.1 Å². The first-order valence-electron chi connectivity index (χ1n) is 8.06. The van der Waals surface area contributed by atoms with Gasteiger partial charge in [-0.05, 0) is 37.0 Å². The average molecular weight is 295 g/mol. The van der Waals surface area contributed by atoms with Gasteiger partial charge in [0.25, 0.3) is 0 Å². The molecule has 2 heterocycles. The van der Waals surface area contributed by atoms with Crippen molar-refractivity contribution in [1.82, 2.24) is 9.97 Å². The van der Waals surface area contributed by atoms with Crippen LogP contribution in [0.1, 0.15) is 42.5 Å². The van der Waals surface area contributed by atoms with E-state index in [4.69, 9.17) is 9.72 Å². The van der Waals surface area contributed by atoms with Crippen molar-refractivity contribution in [3.05, 3.63) is 47.9 Å². The van der Waals surface area contributed by atoms with Gasteiger partial charge in [-0.1, -0.05) is 18.2 Å². The molecule has 1 saturated heterocycles. The molecule has 0 spiro atoms. The molecule has 22 heavy (non-hydrogen) atoms. The van der Waals surface area contributed by atoms with E-state index in [9.17, 15) is 0 Å². The van der Waals surface area contributed by atoms with Crippen molar-refractivity contribution in [2.45, 2.75) is 31.1 Å². The molecule has 114 valence electrons. The van der Waals surface area contributed by atoms with Crippen molar-refractivity contribution in [2.24, 2.45) is 0 Å². The second-order valence-electron chi connectivity index (χ2n) is 6.22. The Morgan fingerprint density at radius 1 is 1.09 bits per heavy atom. The molecular formula is C18H21N3O. The van der Waals surface area contributed by atoms with E-state index in [1.807, 2.05) is 24.4 Å². The summed E-state index contributed by atoms with van der Waals surface area (Å²) in [5.41, 5.74) is 1.31. The molecule has 2 fully saturated rings. The van der Waals surface area contributed by atoms with Gasteiger partial charge in [-0.25, -0.2) is 9.97 Å². The van der Waals surface area contributed by atoms with Gasteiger partial charge in [0.2, 0.25) is 0 Å². The fraction of sp³-hybridized carbons (Fsp3) is 0.444. The van der Waals surface area contributed by atoms with Gasteiger partial charge in [0, 0.05) is 31.1 Å². The molecule has 0 N–H and O–H groups in total. The Kier molecular flexibility index (Phi) is 3.45. The molecule has 0 radical (unpaired) electrons. The van der Waals surface area contributed by atoms with Gasteiger partial charge in [-0.2, -0.15) is 0 Å². The SMILES string of the molecule is COc1ccccc1C1CCN(c2ccnc(C3CC3)n2)C1. The van der Waals surface area contributed by atoms with Crippen LogP contribution in [-0.4, -0.2) is 30.2 Å². The van der Waals surface area contributed by atoms with Gasteiger partial charge < -0.3 is 9.64 Å². The summed E-state index contributed by atoms with van der Waals surface area (Å²) >= 11 is 0. The highest BCUT2D eigenvalue weighted by Gasteiger charge is 2.29. The zero-order chi connectivity index (χ0) is 14.9. The van der Waals surface area contributed by atoms with Crippen molar-refractivity contribution in [3.8, 4) is 5.75 Å². The highest BCUT2D eigenvalue weighted by molar-refractivity contribution is 5.44. The summed E-state index contributed by atoms with van der Waals surface area (Å²) in [4.78, 5) is 11.6. The number of anilines is 1. The van der Waals surface area contributed by atoms with Crippen LogP contribution in [-0.2, 0) is 0 Å². The van der Waals surface area contributed by atoms with Crippen LogP contribution in [0.2, 0.25) is 0 Å². The quantitative estimate of drug-likeness (QED) is 0.867. The van der Waals surface area contributed by atoms with Crippen molar-refractivity contribution in [1.29, 1.82) is 0 Å². The lowest BCUT2D eigenvalue weighted by Gasteiger charge is -2.19. The van der Waals surface area contributed by atoms with E-state index in [2.05, 4.69) is 22.0 Å². The van der Waals surface area contributed by atoms with Crippen LogP contribution in [0.3, 0.4) is 0 Å². The van der Waals surface area contributed by atoms with Crippen LogP contribution < -0.4 is 9.64 Å². The first kappa shape index (κ1) is 13.6. The molecule has 0 bridgehead atoms. The van der Waals surface area contributed by atoms with Crippen molar-refractivity contribution < 1.29 is 4.74 Å². The van der Waals surface area contributed by atoms with E-state index in [-0.39, 0.29) is 0 Å². The third-order valence-electron chi connectivity index (χ3n) is 4.69.